The minimum atomic E-state index is -0.131. The third-order valence-corrected chi connectivity index (χ3v) is 1.81. The summed E-state index contributed by atoms with van der Waals surface area (Å²) < 4.78 is 3.18. The second-order valence-corrected chi connectivity index (χ2v) is 2.85. The van der Waals surface area contributed by atoms with Crippen LogP contribution in [0.15, 0.2) is 41.5 Å². The summed E-state index contributed by atoms with van der Waals surface area (Å²) in [6.45, 7) is 0. The molecule has 0 fully saturated rings. The van der Waals surface area contributed by atoms with Crippen molar-refractivity contribution >= 4 is 0 Å². The van der Waals surface area contributed by atoms with Crippen LogP contribution in [0.1, 0.15) is 0 Å². The van der Waals surface area contributed by atoms with Gasteiger partial charge in [0.1, 0.15) is 12.7 Å². The van der Waals surface area contributed by atoms with E-state index in [2.05, 4.69) is 5.10 Å². The molecule has 0 saturated carbocycles. The van der Waals surface area contributed by atoms with E-state index in [0.29, 0.717) is 0 Å². The fraction of sp³-hybridized carbons (Fsp3) is 0.111. The third-order valence-electron chi connectivity index (χ3n) is 1.81. The number of hydrogen-bond donors (Lipinski definition) is 1. The first kappa shape index (κ1) is 7.79. The van der Waals surface area contributed by atoms with E-state index >= 15 is 0 Å². The summed E-state index contributed by atoms with van der Waals surface area (Å²) in [5, 5.41) is 2.63. The summed E-state index contributed by atoms with van der Waals surface area (Å²) in [6, 6.07) is 9.48. The van der Waals surface area contributed by atoms with Gasteiger partial charge in [0.25, 0.3) is 6.33 Å². The van der Waals surface area contributed by atoms with Gasteiger partial charge in [-0.3, -0.25) is 0 Å². The first-order valence-electron chi connectivity index (χ1n) is 4.00. The monoisotopic (exact) mass is 176 g/mol. The van der Waals surface area contributed by atoms with Crippen LogP contribution in [0.3, 0.4) is 0 Å². The minimum Gasteiger partial charge on any atom is -0.216 e. The third kappa shape index (κ3) is 1.38. The van der Waals surface area contributed by atoms with Gasteiger partial charge in [0.05, 0.1) is 0 Å². The van der Waals surface area contributed by atoms with Crippen molar-refractivity contribution in [3.05, 3.63) is 47.1 Å². The summed E-state index contributed by atoms with van der Waals surface area (Å²) >= 11 is 0. The van der Waals surface area contributed by atoms with Gasteiger partial charge in [-0.1, -0.05) is 18.2 Å². The molecular formula is C9H10N3O+. The quantitative estimate of drug-likeness (QED) is 0.610. The van der Waals surface area contributed by atoms with Crippen LogP contribution in [0, 0.1) is 0 Å². The molecule has 2 rings (SSSR count). The summed E-state index contributed by atoms with van der Waals surface area (Å²) in [4.78, 5) is 11.3. The van der Waals surface area contributed by atoms with Crippen LogP contribution in [0.2, 0.25) is 0 Å². The Morgan fingerprint density at radius 1 is 1.31 bits per heavy atom. The lowest BCUT2D eigenvalue weighted by molar-refractivity contribution is -0.729. The van der Waals surface area contributed by atoms with Crippen molar-refractivity contribution < 1.29 is 4.68 Å². The molecule has 0 spiro atoms. The second-order valence-electron chi connectivity index (χ2n) is 2.85. The highest BCUT2D eigenvalue weighted by Crippen LogP contribution is 2.00. The Balaban J connectivity index is 2.59. The molecule has 66 valence electrons. The average Bonchev–Trinajstić information content (AvgIpc) is 2.47. The number of nitrogens with one attached hydrogen (secondary N) is 1. The molecule has 0 unspecified atom stereocenters. The van der Waals surface area contributed by atoms with Crippen LogP contribution in [0.4, 0.5) is 0 Å². The predicted octanol–water partition coefficient (Wildman–Crippen LogP) is -0.00990. The predicted molar refractivity (Wildman–Crippen MR) is 47.6 cm³/mol. The molecule has 0 aliphatic heterocycles. The first-order chi connectivity index (χ1) is 6.27. The Morgan fingerprint density at radius 2 is 2.00 bits per heavy atom. The zero-order valence-electron chi connectivity index (χ0n) is 7.27. The summed E-state index contributed by atoms with van der Waals surface area (Å²) in [5.41, 5.74) is 0.734. The van der Waals surface area contributed by atoms with Crippen LogP contribution in [0.25, 0.3) is 5.69 Å². The number of para-hydroxylation sites is 1. The molecule has 1 aromatic heterocycles. The average molecular weight is 176 g/mol. The molecule has 2 aromatic rings. The van der Waals surface area contributed by atoms with Gasteiger partial charge in [-0.05, 0) is 12.1 Å². The fourth-order valence-corrected chi connectivity index (χ4v) is 1.23. The van der Waals surface area contributed by atoms with Gasteiger partial charge in [-0.2, -0.15) is 9.78 Å². The Bertz CT molecular complexity index is 455. The fourth-order valence-electron chi connectivity index (χ4n) is 1.23. The molecule has 0 radical (unpaired) electrons. The smallest absolute Gasteiger partial charge is 0.216 e. The summed E-state index contributed by atoms with van der Waals surface area (Å²) in [5.74, 6) is 0. The standard InChI is InChI=1S/C9H9N3O/c1-11-7-12(9(13)10-11)8-5-3-2-4-6-8/h2-7H,1H3/p+1. The largest absolute Gasteiger partial charge is 0.448 e. The van der Waals surface area contributed by atoms with Gasteiger partial charge < -0.3 is 0 Å². The van der Waals surface area contributed by atoms with Gasteiger partial charge in [0, 0.05) is 0 Å². The van der Waals surface area contributed by atoms with Crippen molar-refractivity contribution in [1.29, 1.82) is 0 Å². The van der Waals surface area contributed by atoms with Crippen molar-refractivity contribution in [3.8, 4) is 5.69 Å². The van der Waals surface area contributed by atoms with E-state index in [-0.39, 0.29) is 5.69 Å². The highest BCUT2D eigenvalue weighted by atomic mass is 16.1. The Morgan fingerprint density at radius 3 is 2.54 bits per heavy atom. The molecule has 4 nitrogen and oxygen atoms in total. The van der Waals surface area contributed by atoms with Crippen LogP contribution >= 0.6 is 0 Å². The molecule has 1 N–H and O–H groups in total. The van der Waals surface area contributed by atoms with E-state index in [1.165, 1.54) is 0 Å². The van der Waals surface area contributed by atoms with Crippen LogP contribution in [0.5, 0.6) is 0 Å². The Hall–Kier alpha value is -1.84. The topological polar surface area (TPSA) is 41.7 Å². The highest BCUT2D eigenvalue weighted by Gasteiger charge is 2.08. The van der Waals surface area contributed by atoms with Crippen molar-refractivity contribution in [2.45, 2.75) is 0 Å². The molecule has 0 atom stereocenters. The van der Waals surface area contributed by atoms with E-state index < -0.39 is 0 Å². The molecule has 13 heavy (non-hydrogen) atoms. The van der Waals surface area contributed by atoms with Crippen molar-refractivity contribution in [2.75, 3.05) is 0 Å². The molecule has 4 heteroatoms. The van der Waals surface area contributed by atoms with E-state index in [9.17, 15) is 4.79 Å². The molecule has 0 aliphatic carbocycles. The van der Waals surface area contributed by atoms with Crippen LogP contribution < -0.4 is 10.4 Å². The van der Waals surface area contributed by atoms with Crippen molar-refractivity contribution in [3.63, 3.8) is 0 Å². The first-order valence-corrected chi connectivity index (χ1v) is 4.00. The molecule has 0 aliphatic rings. The lowest BCUT2D eigenvalue weighted by atomic mass is 10.3. The zero-order chi connectivity index (χ0) is 9.26. The van der Waals surface area contributed by atoms with E-state index in [4.69, 9.17) is 0 Å². The van der Waals surface area contributed by atoms with Crippen LogP contribution in [-0.4, -0.2) is 9.67 Å². The SMILES string of the molecule is C[n+]1cn(-c2ccccc2)c(=O)[nH]1. The minimum absolute atomic E-state index is 0.131. The Kier molecular flexibility index (Phi) is 1.73. The second kappa shape index (κ2) is 2.90. The molecule has 0 bridgehead atoms. The van der Waals surface area contributed by atoms with Gasteiger partial charge in [0.15, 0.2) is 0 Å². The van der Waals surface area contributed by atoms with Gasteiger partial charge in [-0.25, -0.2) is 4.79 Å². The van der Waals surface area contributed by atoms with Gasteiger partial charge in [-0.15, -0.1) is 4.57 Å². The maximum Gasteiger partial charge on any atom is 0.448 e. The number of aromatic amines is 1. The number of rotatable bonds is 1. The summed E-state index contributed by atoms with van der Waals surface area (Å²) in [6.07, 6.45) is 1.71. The maximum atomic E-state index is 11.3. The lowest BCUT2D eigenvalue weighted by Crippen LogP contribution is -2.31. The lowest BCUT2D eigenvalue weighted by Gasteiger charge is -1.89. The number of aryl methyl sites for hydroxylation is 1. The van der Waals surface area contributed by atoms with Crippen molar-refractivity contribution in [2.24, 2.45) is 7.05 Å². The van der Waals surface area contributed by atoms with Crippen LogP contribution in [-0.2, 0) is 7.05 Å². The number of hydrogen-bond acceptors (Lipinski definition) is 1. The van der Waals surface area contributed by atoms with Crippen molar-refractivity contribution in [1.82, 2.24) is 9.67 Å². The maximum absolute atomic E-state index is 11.3. The van der Waals surface area contributed by atoms with Gasteiger partial charge in [0.2, 0.25) is 0 Å². The highest BCUT2D eigenvalue weighted by molar-refractivity contribution is 5.29. The normalized spacial score (nSPS) is 10.2. The van der Waals surface area contributed by atoms with Gasteiger partial charge >= 0.3 is 5.69 Å². The van der Waals surface area contributed by atoms with E-state index in [1.54, 1.807) is 22.6 Å². The summed E-state index contributed by atoms with van der Waals surface area (Å²) in [7, 11) is 1.78. The Labute approximate surface area is 75.1 Å². The van der Waals surface area contributed by atoms with E-state index in [0.717, 1.165) is 5.69 Å². The van der Waals surface area contributed by atoms with E-state index in [1.807, 2.05) is 30.3 Å². The molecule has 0 saturated heterocycles. The molecule has 1 aromatic carbocycles. The number of H-pyrrole nitrogens is 1. The number of aromatic nitrogens is 3. The zero-order valence-corrected chi connectivity index (χ0v) is 7.27. The molecule has 0 amide bonds. The molecule has 1 heterocycles. The number of nitrogens with zero attached hydrogens (tertiary/aromatic N) is 2. The number of benzene rings is 1. The molecular weight excluding hydrogens is 166 g/mol.